The molecule has 0 amide bonds. The van der Waals surface area contributed by atoms with Crippen LogP contribution in [0.4, 0.5) is 5.82 Å². The molecule has 1 aliphatic rings. The van der Waals surface area contributed by atoms with E-state index in [1.807, 2.05) is 24.4 Å². The van der Waals surface area contributed by atoms with Crippen molar-refractivity contribution in [2.75, 3.05) is 18.0 Å². The minimum absolute atomic E-state index is 0.807. The summed E-state index contributed by atoms with van der Waals surface area (Å²) in [6.07, 6.45) is 3.47. The first-order valence-electron chi connectivity index (χ1n) is 6.17. The lowest BCUT2D eigenvalue weighted by molar-refractivity contribution is 0.315. The van der Waals surface area contributed by atoms with Crippen molar-refractivity contribution in [3.63, 3.8) is 0 Å². The smallest absolute Gasteiger partial charge is 0.136 e. The van der Waals surface area contributed by atoms with E-state index in [9.17, 15) is 0 Å². The summed E-state index contributed by atoms with van der Waals surface area (Å²) in [5.74, 6) is 1.03. The molecule has 1 aromatic carbocycles. The van der Waals surface area contributed by atoms with Gasteiger partial charge >= 0.3 is 0 Å². The van der Waals surface area contributed by atoms with Crippen LogP contribution >= 0.6 is 0 Å². The van der Waals surface area contributed by atoms with E-state index >= 15 is 0 Å². The predicted molar refractivity (Wildman–Crippen MR) is 72.4 cm³/mol. The van der Waals surface area contributed by atoms with E-state index in [0.717, 1.165) is 37.5 Å². The summed E-state index contributed by atoms with van der Waals surface area (Å²) >= 11 is 0. The third-order valence-electron chi connectivity index (χ3n) is 3.43. The van der Waals surface area contributed by atoms with Crippen LogP contribution in [-0.2, 0) is 0 Å². The van der Waals surface area contributed by atoms with Crippen LogP contribution in [-0.4, -0.2) is 29.0 Å². The van der Waals surface area contributed by atoms with E-state index in [4.69, 9.17) is 5.21 Å². The standard InChI is InChI=1S/C14H15N3O/c18-16-12-6-9-17(10-7-12)14-13-4-2-1-3-11(13)5-8-15-14/h1-5,8,18H,6-7,9-10H2. The zero-order valence-electron chi connectivity index (χ0n) is 10.1. The van der Waals surface area contributed by atoms with Gasteiger partial charge in [-0.3, -0.25) is 0 Å². The van der Waals surface area contributed by atoms with Crippen LogP contribution < -0.4 is 4.90 Å². The molecule has 0 saturated carbocycles. The number of hydrogen-bond acceptors (Lipinski definition) is 4. The molecule has 18 heavy (non-hydrogen) atoms. The van der Waals surface area contributed by atoms with Gasteiger partial charge in [-0.25, -0.2) is 4.98 Å². The van der Waals surface area contributed by atoms with Crippen molar-refractivity contribution in [3.8, 4) is 0 Å². The van der Waals surface area contributed by atoms with E-state index < -0.39 is 0 Å². The van der Waals surface area contributed by atoms with Crippen molar-refractivity contribution in [2.45, 2.75) is 12.8 Å². The molecule has 4 heteroatoms. The third kappa shape index (κ3) is 1.90. The molecular formula is C14H15N3O. The summed E-state index contributed by atoms with van der Waals surface area (Å²) in [6.45, 7) is 1.72. The summed E-state index contributed by atoms with van der Waals surface area (Å²) < 4.78 is 0. The Balaban J connectivity index is 1.95. The van der Waals surface area contributed by atoms with Crippen LogP contribution in [0.1, 0.15) is 12.8 Å². The molecule has 0 aliphatic carbocycles. The van der Waals surface area contributed by atoms with Crippen molar-refractivity contribution >= 4 is 22.3 Å². The number of benzene rings is 1. The lowest BCUT2D eigenvalue weighted by Crippen LogP contribution is -2.34. The summed E-state index contributed by atoms with van der Waals surface area (Å²) in [5.41, 5.74) is 0.881. The molecule has 2 heterocycles. The Morgan fingerprint density at radius 1 is 1.11 bits per heavy atom. The van der Waals surface area contributed by atoms with Crippen LogP contribution in [0.15, 0.2) is 41.7 Å². The molecule has 4 nitrogen and oxygen atoms in total. The van der Waals surface area contributed by atoms with Crippen LogP contribution in [0.5, 0.6) is 0 Å². The van der Waals surface area contributed by atoms with Gasteiger partial charge in [0.15, 0.2) is 0 Å². The first-order valence-corrected chi connectivity index (χ1v) is 6.17. The van der Waals surface area contributed by atoms with E-state index in [0.29, 0.717) is 0 Å². The number of rotatable bonds is 1. The Labute approximate surface area is 106 Å². The Bertz CT molecular complexity index is 579. The van der Waals surface area contributed by atoms with Gasteiger partial charge in [-0.05, 0) is 11.5 Å². The summed E-state index contributed by atoms with van der Waals surface area (Å²) in [7, 11) is 0. The van der Waals surface area contributed by atoms with Crippen LogP contribution in [0.2, 0.25) is 0 Å². The number of fused-ring (bicyclic) bond motifs is 1. The zero-order chi connectivity index (χ0) is 12.4. The SMILES string of the molecule is ON=C1CCN(c2nccc3ccccc23)CC1. The van der Waals surface area contributed by atoms with Crippen LogP contribution in [0.25, 0.3) is 10.8 Å². The summed E-state index contributed by atoms with van der Waals surface area (Å²) in [6, 6.07) is 10.3. The molecule has 0 spiro atoms. The van der Waals surface area contributed by atoms with Gasteiger partial charge in [0.25, 0.3) is 0 Å². The van der Waals surface area contributed by atoms with Crippen molar-refractivity contribution in [2.24, 2.45) is 5.16 Å². The zero-order valence-corrected chi connectivity index (χ0v) is 10.1. The monoisotopic (exact) mass is 241 g/mol. The molecule has 1 saturated heterocycles. The molecule has 1 N–H and O–H groups in total. The number of anilines is 1. The van der Waals surface area contributed by atoms with E-state index in [-0.39, 0.29) is 0 Å². The second kappa shape index (κ2) is 4.64. The van der Waals surface area contributed by atoms with Crippen molar-refractivity contribution in [1.82, 2.24) is 4.98 Å². The maximum absolute atomic E-state index is 8.77. The number of nitrogens with zero attached hydrogens (tertiary/aromatic N) is 3. The van der Waals surface area contributed by atoms with Crippen LogP contribution in [0, 0.1) is 0 Å². The topological polar surface area (TPSA) is 48.7 Å². The Morgan fingerprint density at radius 3 is 2.67 bits per heavy atom. The second-order valence-electron chi connectivity index (χ2n) is 4.51. The van der Waals surface area contributed by atoms with Crippen molar-refractivity contribution in [3.05, 3.63) is 36.5 Å². The highest BCUT2D eigenvalue weighted by molar-refractivity contribution is 5.93. The van der Waals surface area contributed by atoms with E-state index in [1.54, 1.807) is 0 Å². The quantitative estimate of drug-likeness (QED) is 0.617. The van der Waals surface area contributed by atoms with Gasteiger partial charge < -0.3 is 10.1 Å². The fourth-order valence-electron chi connectivity index (χ4n) is 2.43. The highest BCUT2D eigenvalue weighted by Gasteiger charge is 2.18. The number of hydrogen-bond donors (Lipinski definition) is 1. The number of pyridine rings is 1. The Hall–Kier alpha value is -2.10. The Kier molecular flexibility index (Phi) is 2.84. The molecule has 1 aromatic heterocycles. The molecular weight excluding hydrogens is 226 g/mol. The maximum Gasteiger partial charge on any atom is 0.136 e. The summed E-state index contributed by atoms with van der Waals surface area (Å²) in [4.78, 5) is 6.77. The lowest BCUT2D eigenvalue weighted by atomic mass is 10.1. The first-order chi connectivity index (χ1) is 8.88. The summed E-state index contributed by atoms with van der Waals surface area (Å²) in [5, 5.41) is 14.5. The van der Waals surface area contributed by atoms with Crippen LogP contribution in [0.3, 0.4) is 0 Å². The average molecular weight is 241 g/mol. The fraction of sp³-hybridized carbons (Fsp3) is 0.286. The molecule has 1 aliphatic heterocycles. The maximum atomic E-state index is 8.77. The molecule has 92 valence electrons. The van der Waals surface area contributed by atoms with Gasteiger partial charge in [-0.2, -0.15) is 0 Å². The number of oxime groups is 1. The van der Waals surface area contributed by atoms with Gasteiger partial charge in [-0.15, -0.1) is 0 Å². The molecule has 2 aromatic rings. The highest BCUT2D eigenvalue weighted by atomic mass is 16.4. The first kappa shape index (κ1) is 11.0. The fourth-order valence-corrected chi connectivity index (χ4v) is 2.43. The van der Waals surface area contributed by atoms with E-state index in [2.05, 4.69) is 27.2 Å². The molecule has 0 bridgehead atoms. The average Bonchev–Trinajstić information content (AvgIpc) is 2.47. The highest BCUT2D eigenvalue weighted by Crippen LogP contribution is 2.25. The third-order valence-corrected chi connectivity index (χ3v) is 3.43. The van der Waals surface area contributed by atoms with Crippen molar-refractivity contribution < 1.29 is 5.21 Å². The largest absolute Gasteiger partial charge is 0.411 e. The number of aromatic nitrogens is 1. The second-order valence-corrected chi connectivity index (χ2v) is 4.51. The molecule has 0 radical (unpaired) electrons. The van der Waals surface area contributed by atoms with E-state index in [1.165, 1.54) is 10.8 Å². The van der Waals surface area contributed by atoms with Gasteiger partial charge in [0.05, 0.1) is 5.71 Å². The molecule has 0 unspecified atom stereocenters. The molecule has 1 fully saturated rings. The minimum atomic E-state index is 0.807. The van der Waals surface area contributed by atoms with Crippen molar-refractivity contribution in [1.29, 1.82) is 0 Å². The normalized spacial score (nSPS) is 16.0. The van der Waals surface area contributed by atoms with Gasteiger partial charge in [0, 0.05) is 37.5 Å². The van der Waals surface area contributed by atoms with Gasteiger partial charge in [0.2, 0.25) is 0 Å². The molecule has 0 atom stereocenters. The predicted octanol–water partition coefficient (Wildman–Crippen LogP) is 2.67. The van der Waals surface area contributed by atoms with Gasteiger partial charge in [0.1, 0.15) is 5.82 Å². The van der Waals surface area contributed by atoms with Gasteiger partial charge in [-0.1, -0.05) is 29.4 Å². The molecule has 3 rings (SSSR count). The number of piperidine rings is 1. The minimum Gasteiger partial charge on any atom is -0.411 e. The Morgan fingerprint density at radius 2 is 1.89 bits per heavy atom. The lowest BCUT2D eigenvalue weighted by Gasteiger charge is -2.29.